The first-order valence-corrected chi connectivity index (χ1v) is 12.8. The second-order valence-electron chi connectivity index (χ2n) is 8.85. The van der Waals surface area contributed by atoms with Gasteiger partial charge in [0.15, 0.2) is 11.0 Å². The lowest BCUT2D eigenvalue weighted by Gasteiger charge is -2.12. The summed E-state index contributed by atoms with van der Waals surface area (Å²) < 4.78 is 15.3. The van der Waals surface area contributed by atoms with Gasteiger partial charge in [0.1, 0.15) is 5.82 Å². The van der Waals surface area contributed by atoms with Gasteiger partial charge in [0, 0.05) is 16.9 Å². The number of nitrogens with zero attached hydrogens (tertiary/aromatic N) is 3. The highest BCUT2D eigenvalue weighted by atomic mass is 32.2. The molecule has 9 heteroatoms. The zero-order valence-electron chi connectivity index (χ0n) is 21.1. The quantitative estimate of drug-likeness (QED) is 0.310. The Bertz CT molecular complexity index is 1450. The molecule has 4 rings (SSSR count). The van der Waals surface area contributed by atoms with E-state index in [1.54, 1.807) is 22.8 Å². The molecule has 0 radical (unpaired) electrons. The van der Waals surface area contributed by atoms with E-state index in [-0.39, 0.29) is 29.9 Å². The van der Waals surface area contributed by atoms with Crippen molar-refractivity contribution in [3.8, 4) is 5.69 Å². The number of carbonyl (C=O) groups is 2. The van der Waals surface area contributed by atoms with Gasteiger partial charge in [-0.15, -0.1) is 10.2 Å². The number of thioether (sulfide) groups is 1. The first-order chi connectivity index (χ1) is 17.7. The lowest BCUT2D eigenvalue weighted by atomic mass is 10.1. The van der Waals surface area contributed by atoms with E-state index in [9.17, 15) is 14.0 Å². The summed E-state index contributed by atoms with van der Waals surface area (Å²) in [7, 11) is 0. The number of anilines is 1. The average Bonchev–Trinajstić information content (AvgIpc) is 3.28. The van der Waals surface area contributed by atoms with E-state index >= 15 is 0 Å². The van der Waals surface area contributed by atoms with Crippen molar-refractivity contribution in [1.29, 1.82) is 0 Å². The monoisotopic (exact) mass is 517 g/mol. The number of benzene rings is 3. The third-order valence-corrected chi connectivity index (χ3v) is 6.89. The van der Waals surface area contributed by atoms with Crippen LogP contribution < -0.4 is 10.6 Å². The molecule has 0 aliphatic rings. The second-order valence-corrected chi connectivity index (χ2v) is 9.79. The van der Waals surface area contributed by atoms with E-state index in [4.69, 9.17) is 0 Å². The Balaban J connectivity index is 1.51. The van der Waals surface area contributed by atoms with E-state index in [1.165, 1.54) is 23.9 Å². The molecular weight excluding hydrogens is 489 g/mol. The molecule has 190 valence electrons. The van der Waals surface area contributed by atoms with Gasteiger partial charge in [-0.3, -0.25) is 14.2 Å². The van der Waals surface area contributed by atoms with Crippen LogP contribution in [0.4, 0.5) is 10.1 Å². The maximum Gasteiger partial charge on any atom is 0.251 e. The molecule has 0 atom stereocenters. The number of amides is 2. The molecule has 1 heterocycles. The van der Waals surface area contributed by atoms with Gasteiger partial charge in [-0.25, -0.2) is 4.39 Å². The Morgan fingerprint density at radius 1 is 0.892 bits per heavy atom. The number of rotatable bonds is 8. The highest BCUT2D eigenvalue weighted by Gasteiger charge is 2.18. The Morgan fingerprint density at radius 3 is 2.35 bits per heavy atom. The summed E-state index contributed by atoms with van der Waals surface area (Å²) in [5, 5.41) is 14.8. The molecule has 0 aliphatic carbocycles. The minimum atomic E-state index is -0.372. The van der Waals surface area contributed by atoms with Crippen LogP contribution in [0, 0.1) is 33.5 Å². The molecule has 0 unspecified atom stereocenters. The third-order valence-electron chi connectivity index (χ3n) is 5.96. The summed E-state index contributed by atoms with van der Waals surface area (Å²) in [6.07, 6.45) is 0. The van der Waals surface area contributed by atoms with Gasteiger partial charge in [0.05, 0.1) is 12.3 Å². The normalized spacial score (nSPS) is 10.8. The molecule has 0 aliphatic heterocycles. The van der Waals surface area contributed by atoms with Crippen molar-refractivity contribution in [2.24, 2.45) is 0 Å². The highest BCUT2D eigenvalue weighted by molar-refractivity contribution is 7.99. The molecule has 0 bridgehead atoms. The van der Waals surface area contributed by atoms with Crippen LogP contribution in [0.25, 0.3) is 5.69 Å². The van der Waals surface area contributed by atoms with E-state index in [0.717, 1.165) is 27.9 Å². The third kappa shape index (κ3) is 6.42. The summed E-state index contributed by atoms with van der Waals surface area (Å²) in [5.41, 5.74) is 6.10. The first-order valence-electron chi connectivity index (χ1n) is 11.8. The van der Waals surface area contributed by atoms with Crippen molar-refractivity contribution in [3.63, 3.8) is 0 Å². The minimum absolute atomic E-state index is 0.0989. The Kier molecular flexibility index (Phi) is 8.03. The van der Waals surface area contributed by atoms with Gasteiger partial charge in [0.2, 0.25) is 5.91 Å². The van der Waals surface area contributed by atoms with Crippen LogP contribution in [0.1, 0.15) is 38.4 Å². The fourth-order valence-electron chi connectivity index (χ4n) is 3.69. The van der Waals surface area contributed by atoms with Crippen molar-refractivity contribution in [2.45, 2.75) is 39.4 Å². The van der Waals surface area contributed by atoms with Crippen LogP contribution in [0.5, 0.6) is 0 Å². The van der Waals surface area contributed by atoms with Crippen LogP contribution >= 0.6 is 11.8 Å². The minimum Gasteiger partial charge on any atom is -0.345 e. The van der Waals surface area contributed by atoms with Gasteiger partial charge >= 0.3 is 0 Å². The number of hydrogen-bond donors (Lipinski definition) is 2. The Labute approximate surface area is 219 Å². The molecule has 3 aromatic carbocycles. The van der Waals surface area contributed by atoms with Gasteiger partial charge in [-0.1, -0.05) is 30.0 Å². The fourth-order valence-corrected chi connectivity index (χ4v) is 4.46. The SMILES string of the molecule is Cc1ccc(C)c(NC(=O)CSc2nnc(CNC(=O)c3ccc(C)c(C)c3)n2-c2ccc(F)cc2)c1. The van der Waals surface area contributed by atoms with Gasteiger partial charge in [0.25, 0.3) is 5.91 Å². The number of aryl methyl sites for hydroxylation is 4. The molecule has 37 heavy (non-hydrogen) atoms. The van der Waals surface area contributed by atoms with Crippen LogP contribution in [0.3, 0.4) is 0 Å². The van der Waals surface area contributed by atoms with E-state index in [0.29, 0.717) is 22.2 Å². The Hall–Kier alpha value is -3.98. The molecule has 1 aromatic heterocycles. The molecule has 7 nitrogen and oxygen atoms in total. The number of hydrogen-bond acceptors (Lipinski definition) is 5. The van der Waals surface area contributed by atoms with Crippen molar-refractivity contribution in [3.05, 3.63) is 100 Å². The fraction of sp³-hybridized carbons (Fsp3) is 0.214. The average molecular weight is 518 g/mol. The van der Waals surface area contributed by atoms with Crippen LogP contribution in [0.2, 0.25) is 0 Å². The van der Waals surface area contributed by atoms with Crippen molar-refractivity contribution in [1.82, 2.24) is 20.1 Å². The lowest BCUT2D eigenvalue weighted by Crippen LogP contribution is -2.24. The standard InChI is InChI=1S/C28H28FN5O2S/c1-17-5-6-19(3)24(13-17)31-26(35)16-37-28-33-32-25(34(28)23-11-9-22(29)10-12-23)15-30-27(36)21-8-7-18(2)20(4)14-21/h5-14H,15-16H2,1-4H3,(H,30,36)(H,31,35). The summed E-state index contributed by atoms with van der Waals surface area (Å²) in [5.74, 6) is -0.234. The van der Waals surface area contributed by atoms with Crippen molar-refractivity contribution >= 4 is 29.3 Å². The lowest BCUT2D eigenvalue weighted by molar-refractivity contribution is -0.113. The van der Waals surface area contributed by atoms with Gasteiger partial charge in [-0.2, -0.15) is 0 Å². The summed E-state index contributed by atoms with van der Waals surface area (Å²) in [4.78, 5) is 25.4. The largest absolute Gasteiger partial charge is 0.345 e. The molecule has 4 aromatic rings. The molecule has 0 fully saturated rings. The van der Waals surface area contributed by atoms with Crippen molar-refractivity contribution in [2.75, 3.05) is 11.1 Å². The number of aromatic nitrogens is 3. The summed E-state index contributed by atoms with van der Waals surface area (Å²) in [6, 6.07) is 17.3. The second kappa shape index (κ2) is 11.4. The van der Waals surface area contributed by atoms with Gasteiger partial charge in [-0.05, 0) is 92.4 Å². The number of halogens is 1. The Morgan fingerprint density at radius 2 is 1.62 bits per heavy atom. The van der Waals surface area contributed by atoms with E-state index in [2.05, 4.69) is 20.8 Å². The molecule has 0 saturated heterocycles. The molecule has 2 amide bonds. The first kappa shape index (κ1) is 26.1. The van der Waals surface area contributed by atoms with Crippen molar-refractivity contribution < 1.29 is 14.0 Å². The van der Waals surface area contributed by atoms with Crippen LogP contribution in [0.15, 0.2) is 65.8 Å². The smallest absolute Gasteiger partial charge is 0.251 e. The molecular formula is C28H28FN5O2S. The summed E-state index contributed by atoms with van der Waals surface area (Å²) in [6.45, 7) is 7.95. The summed E-state index contributed by atoms with van der Waals surface area (Å²) >= 11 is 1.21. The molecule has 0 saturated carbocycles. The van der Waals surface area contributed by atoms with E-state index < -0.39 is 0 Å². The van der Waals surface area contributed by atoms with E-state index in [1.807, 2.05) is 58.0 Å². The van der Waals surface area contributed by atoms with Crippen LogP contribution in [-0.4, -0.2) is 32.3 Å². The van der Waals surface area contributed by atoms with Gasteiger partial charge < -0.3 is 10.6 Å². The predicted octanol–water partition coefficient (Wildman–Crippen LogP) is 5.30. The topological polar surface area (TPSA) is 88.9 Å². The zero-order valence-corrected chi connectivity index (χ0v) is 21.9. The molecule has 0 spiro atoms. The zero-order chi connectivity index (χ0) is 26.5. The number of carbonyl (C=O) groups excluding carboxylic acids is 2. The predicted molar refractivity (Wildman–Crippen MR) is 144 cm³/mol. The van der Waals surface area contributed by atoms with Crippen LogP contribution in [-0.2, 0) is 11.3 Å². The maximum atomic E-state index is 13.6. The molecule has 2 N–H and O–H groups in total. The number of nitrogens with one attached hydrogen (secondary N) is 2. The highest BCUT2D eigenvalue weighted by Crippen LogP contribution is 2.24. The maximum absolute atomic E-state index is 13.6.